The molecular formula is C12H8N2O2S. The number of carbonyl (C=O) groups is 1. The van der Waals surface area contributed by atoms with Crippen molar-refractivity contribution >= 4 is 22.8 Å². The average molecular weight is 244 g/mol. The van der Waals surface area contributed by atoms with Gasteiger partial charge in [0.15, 0.2) is 5.82 Å². The summed E-state index contributed by atoms with van der Waals surface area (Å²) < 4.78 is 1.80. The summed E-state index contributed by atoms with van der Waals surface area (Å²) in [5, 5.41) is 10.9. The maximum atomic E-state index is 10.9. The van der Waals surface area contributed by atoms with Crippen LogP contribution >= 0.6 is 11.3 Å². The highest BCUT2D eigenvalue weighted by Gasteiger charge is 2.09. The third-order valence-electron chi connectivity index (χ3n) is 2.52. The van der Waals surface area contributed by atoms with Gasteiger partial charge in [0.2, 0.25) is 0 Å². The van der Waals surface area contributed by atoms with Crippen LogP contribution in [0, 0.1) is 0 Å². The van der Waals surface area contributed by atoms with E-state index in [9.17, 15) is 4.79 Å². The highest BCUT2D eigenvalue weighted by molar-refractivity contribution is 7.13. The number of hydrogen-bond acceptors (Lipinski definition) is 3. The molecule has 0 unspecified atom stereocenters. The van der Waals surface area contributed by atoms with Crippen LogP contribution < -0.4 is 0 Å². The molecule has 0 radical (unpaired) electrons. The molecule has 17 heavy (non-hydrogen) atoms. The molecule has 0 atom stereocenters. The Morgan fingerprint density at radius 2 is 2.24 bits per heavy atom. The number of imidazole rings is 1. The fourth-order valence-corrected chi connectivity index (χ4v) is 2.42. The molecule has 0 aromatic carbocycles. The van der Waals surface area contributed by atoms with Crippen molar-refractivity contribution in [3.63, 3.8) is 0 Å². The number of carboxylic acid groups (broad SMARTS) is 1. The lowest BCUT2D eigenvalue weighted by Crippen LogP contribution is -1.99. The van der Waals surface area contributed by atoms with Gasteiger partial charge in [-0.3, -0.25) is 4.40 Å². The number of pyridine rings is 1. The fraction of sp³-hybridized carbons (Fsp3) is 0. The van der Waals surface area contributed by atoms with Gasteiger partial charge in [-0.05, 0) is 23.6 Å². The third-order valence-corrected chi connectivity index (χ3v) is 3.38. The predicted molar refractivity (Wildman–Crippen MR) is 65.5 cm³/mol. The second-order valence-corrected chi connectivity index (χ2v) is 4.52. The van der Waals surface area contributed by atoms with Crippen molar-refractivity contribution < 1.29 is 9.90 Å². The van der Waals surface area contributed by atoms with E-state index < -0.39 is 5.97 Å². The number of aromatic nitrogens is 2. The predicted octanol–water partition coefficient (Wildman–Crippen LogP) is 2.76. The Labute approximate surface area is 101 Å². The summed E-state index contributed by atoms with van der Waals surface area (Å²) in [5.41, 5.74) is 1.15. The minimum Gasteiger partial charge on any atom is -0.478 e. The highest BCUT2D eigenvalue weighted by atomic mass is 32.1. The standard InChI is InChI=1S/C12H8N2O2S/c15-12(16)8-3-4-9-6-13-11(14(9)7-8)10-2-1-5-17-10/h1-7H,(H,15,16). The molecule has 4 nitrogen and oxygen atoms in total. The lowest BCUT2D eigenvalue weighted by molar-refractivity contribution is 0.0696. The maximum absolute atomic E-state index is 10.9. The highest BCUT2D eigenvalue weighted by Crippen LogP contribution is 2.24. The summed E-state index contributed by atoms with van der Waals surface area (Å²) in [6.45, 7) is 0. The van der Waals surface area contributed by atoms with Gasteiger partial charge in [-0.2, -0.15) is 0 Å². The van der Waals surface area contributed by atoms with Crippen LogP contribution in [0.1, 0.15) is 10.4 Å². The van der Waals surface area contributed by atoms with Crippen molar-refractivity contribution in [1.29, 1.82) is 0 Å². The van der Waals surface area contributed by atoms with Crippen LogP contribution in [0.25, 0.3) is 16.2 Å². The molecule has 1 N–H and O–H groups in total. The topological polar surface area (TPSA) is 54.6 Å². The monoisotopic (exact) mass is 244 g/mol. The van der Waals surface area contributed by atoms with E-state index in [1.54, 1.807) is 40.3 Å². The zero-order chi connectivity index (χ0) is 11.8. The van der Waals surface area contributed by atoms with Crippen molar-refractivity contribution in [1.82, 2.24) is 9.38 Å². The average Bonchev–Trinajstić information content (AvgIpc) is 2.96. The van der Waals surface area contributed by atoms with Crippen LogP contribution in [0.3, 0.4) is 0 Å². The Morgan fingerprint density at radius 1 is 1.35 bits per heavy atom. The summed E-state index contributed by atoms with van der Waals surface area (Å²) >= 11 is 1.58. The van der Waals surface area contributed by atoms with Gasteiger partial charge in [-0.15, -0.1) is 11.3 Å². The van der Waals surface area contributed by atoms with E-state index in [2.05, 4.69) is 4.98 Å². The summed E-state index contributed by atoms with van der Waals surface area (Å²) in [7, 11) is 0. The Morgan fingerprint density at radius 3 is 2.94 bits per heavy atom. The molecule has 0 aliphatic carbocycles. The molecule has 0 saturated heterocycles. The van der Waals surface area contributed by atoms with E-state index in [0.717, 1.165) is 16.2 Å². The number of fused-ring (bicyclic) bond motifs is 1. The second kappa shape index (κ2) is 3.71. The van der Waals surface area contributed by atoms with E-state index >= 15 is 0 Å². The molecule has 5 heteroatoms. The second-order valence-electron chi connectivity index (χ2n) is 3.58. The first-order chi connectivity index (χ1) is 8.25. The quantitative estimate of drug-likeness (QED) is 0.754. The van der Waals surface area contributed by atoms with Gasteiger partial charge >= 0.3 is 5.97 Å². The van der Waals surface area contributed by atoms with Gasteiger partial charge in [0.1, 0.15) is 0 Å². The zero-order valence-corrected chi connectivity index (χ0v) is 9.52. The number of nitrogens with zero attached hydrogens (tertiary/aromatic N) is 2. The molecule has 0 saturated carbocycles. The van der Waals surface area contributed by atoms with Gasteiger partial charge in [0.25, 0.3) is 0 Å². The molecule has 0 bridgehead atoms. The Hall–Kier alpha value is -2.14. The van der Waals surface area contributed by atoms with E-state index in [-0.39, 0.29) is 5.56 Å². The number of thiophene rings is 1. The molecule has 0 spiro atoms. The lowest BCUT2D eigenvalue weighted by Gasteiger charge is -2.00. The Balaban J connectivity index is 2.26. The lowest BCUT2D eigenvalue weighted by atomic mass is 10.3. The number of aromatic carboxylic acids is 1. The van der Waals surface area contributed by atoms with Crippen LogP contribution in [0.4, 0.5) is 0 Å². The number of rotatable bonds is 2. The Kier molecular flexibility index (Phi) is 2.19. The zero-order valence-electron chi connectivity index (χ0n) is 8.70. The number of hydrogen-bond donors (Lipinski definition) is 1. The Bertz CT molecular complexity index is 686. The molecular weight excluding hydrogens is 236 g/mol. The van der Waals surface area contributed by atoms with E-state index in [1.165, 1.54) is 0 Å². The van der Waals surface area contributed by atoms with Crippen molar-refractivity contribution in [2.24, 2.45) is 0 Å². The molecule has 3 aromatic rings. The van der Waals surface area contributed by atoms with E-state index in [1.807, 2.05) is 17.5 Å². The molecule has 0 aliphatic rings. The molecule has 0 amide bonds. The van der Waals surface area contributed by atoms with Crippen LogP contribution in [-0.2, 0) is 0 Å². The normalized spacial score (nSPS) is 10.8. The van der Waals surface area contributed by atoms with Crippen molar-refractivity contribution in [2.45, 2.75) is 0 Å². The first-order valence-corrected chi connectivity index (χ1v) is 5.88. The summed E-state index contributed by atoms with van der Waals surface area (Å²) in [5.74, 6) is -0.157. The summed E-state index contributed by atoms with van der Waals surface area (Å²) in [6, 6.07) is 7.25. The van der Waals surface area contributed by atoms with Gasteiger partial charge in [0, 0.05) is 6.20 Å². The van der Waals surface area contributed by atoms with Crippen molar-refractivity contribution in [2.75, 3.05) is 0 Å². The SMILES string of the molecule is O=C(O)c1ccc2cnc(-c3cccs3)n2c1. The van der Waals surface area contributed by atoms with Crippen LogP contribution in [-0.4, -0.2) is 20.5 Å². The summed E-state index contributed by atoms with van der Waals surface area (Å²) in [4.78, 5) is 16.3. The fourth-order valence-electron chi connectivity index (χ4n) is 1.70. The maximum Gasteiger partial charge on any atom is 0.337 e. The van der Waals surface area contributed by atoms with Gasteiger partial charge in [-0.25, -0.2) is 9.78 Å². The van der Waals surface area contributed by atoms with E-state index in [0.29, 0.717) is 0 Å². The summed E-state index contributed by atoms with van der Waals surface area (Å²) in [6.07, 6.45) is 3.33. The number of carboxylic acids is 1. The van der Waals surface area contributed by atoms with Gasteiger partial charge in [0.05, 0.1) is 22.2 Å². The molecule has 0 aliphatic heterocycles. The third kappa shape index (κ3) is 1.60. The minimum atomic E-state index is -0.933. The minimum absolute atomic E-state index is 0.258. The molecule has 84 valence electrons. The van der Waals surface area contributed by atoms with Crippen LogP contribution in [0.2, 0.25) is 0 Å². The van der Waals surface area contributed by atoms with E-state index in [4.69, 9.17) is 5.11 Å². The van der Waals surface area contributed by atoms with Crippen LogP contribution in [0.5, 0.6) is 0 Å². The van der Waals surface area contributed by atoms with Crippen molar-refractivity contribution in [3.05, 3.63) is 47.6 Å². The first kappa shape index (κ1) is 10.0. The largest absolute Gasteiger partial charge is 0.478 e. The van der Waals surface area contributed by atoms with Crippen molar-refractivity contribution in [3.8, 4) is 10.7 Å². The van der Waals surface area contributed by atoms with Gasteiger partial charge in [-0.1, -0.05) is 6.07 Å². The smallest absolute Gasteiger partial charge is 0.337 e. The molecule has 3 heterocycles. The first-order valence-electron chi connectivity index (χ1n) is 5.00. The molecule has 3 rings (SSSR count). The van der Waals surface area contributed by atoms with Gasteiger partial charge < -0.3 is 5.11 Å². The van der Waals surface area contributed by atoms with Crippen LogP contribution in [0.15, 0.2) is 42.0 Å². The molecule has 3 aromatic heterocycles. The molecule has 0 fully saturated rings.